The summed E-state index contributed by atoms with van der Waals surface area (Å²) in [5, 5.41) is 18.0. The summed E-state index contributed by atoms with van der Waals surface area (Å²) in [4.78, 5) is 37.4. The lowest BCUT2D eigenvalue weighted by Crippen LogP contribution is -2.39. The molecule has 0 unspecified atom stereocenters. The average molecular weight is 411 g/mol. The zero-order chi connectivity index (χ0) is 21.7. The minimum atomic E-state index is -0.521. The van der Waals surface area contributed by atoms with E-state index in [0.29, 0.717) is 11.4 Å². The summed E-state index contributed by atoms with van der Waals surface area (Å²) in [6, 6.07) is 12.3. The van der Waals surface area contributed by atoms with Crippen molar-refractivity contribution in [1.82, 2.24) is 14.7 Å². The second-order valence-corrected chi connectivity index (χ2v) is 6.68. The normalized spacial score (nSPS) is 10.6. The third-order valence-corrected chi connectivity index (χ3v) is 4.48. The van der Waals surface area contributed by atoms with Gasteiger partial charge in [0.05, 0.1) is 17.7 Å². The molecular weight excluding hydrogens is 390 g/mol. The number of rotatable bonds is 8. The number of anilines is 1. The fourth-order valence-corrected chi connectivity index (χ4v) is 3.05. The molecule has 0 radical (unpaired) electrons. The molecule has 156 valence electrons. The van der Waals surface area contributed by atoms with Crippen LogP contribution in [0.25, 0.3) is 0 Å². The minimum absolute atomic E-state index is 0.0788. The van der Waals surface area contributed by atoms with Gasteiger partial charge in [-0.2, -0.15) is 5.10 Å². The molecule has 10 nitrogen and oxygen atoms in total. The Labute approximate surface area is 172 Å². The number of nitrogens with one attached hydrogen (secondary N) is 1. The highest BCUT2D eigenvalue weighted by Gasteiger charge is 2.25. The Hall–Kier alpha value is -3.95. The monoisotopic (exact) mass is 411 g/mol. The van der Waals surface area contributed by atoms with Gasteiger partial charge in [-0.25, -0.2) is 0 Å². The lowest BCUT2D eigenvalue weighted by atomic mass is 10.3. The Morgan fingerprint density at radius 3 is 2.53 bits per heavy atom. The number of furan rings is 1. The summed E-state index contributed by atoms with van der Waals surface area (Å²) in [6.07, 6.45) is 1.48. The van der Waals surface area contributed by atoms with Crippen molar-refractivity contribution in [2.24, 2.45) is 0 Å². The van der Waals surface area contributed by atoms with E-state index in [4.69, 9.17) is 4.42 Å². The van der Waals surface area contributed by atoms with Gasteiger partial charge in [-0.1, -0.05) is 18.2 Å². The predicted molar refractivity (Wildman–Crippen MR) is 108 cm³/mol. The van der Waals surface area contributed by atoms with E-state index in [-0.39, 0.29) is 42.6 Å². The van der Waals surface area contributed by atoms with Crippen molar-refractivity contribution in [2.75, 3.05) is 11.9 Å². The standard InChI is InChI=1S/C20H21N5O5/c1-14-20(25(28)29)15(2)24(22-14)13-19(27)23(11-17-9-6-10-30-17)12-18(26)21-16-7-4-3-5-8-16/h3-10H,11-13H2,1-2H3,(H,21,26). The fraction of sp³-hybridized carbons (Fsp3) is 0.250. The molecule has 10 heteroatoms. The number of nitrogens with zero attached hydrogens (tertiary/aromatic N) is 4. The van der Waals surface area contributed by atoms with Gasteiger partial charge in [0.25, 0.3) is 0 Å². The van der Waals surface area contributed by atoms with E-state index in [1.807, 2.05) is 6.07 Å². The lowest BCUT2D eigenvalue weighted by molar-refractivity contribution is -0.386. The minimum Gasteiger partial charge on any atom is -0.467 e. The molecule has 0 spiro atoms. The first kappa shape index (κ1) is 20.8. The smallest absolute Gasteiger partial charge is 0.312 e. The number of carbonyl (C=O) groups excluding carboxylic acids is 2. The number of aromatic nitrogens is 2. The highest BCUT2D eigenvalue weighted by Crippen LogP contribution is 2.22. The van der Waals surface area contributed by atoms with E-state index in [2.05, 4.69) is 10.4 Å². The van der Waals surface area contributed by atoms with Crippen LogP contribution >= 0.6 is 0 Å². The molecule has 0 aliphatic carbocycles. The van der Waals surface area contributed by atoms with Crippen LogP contribution < -0.4 is 5.32 Å². The number of amides is 2. The van der Waals surface area contributed by atoms with Gasteiger partial charge in [0.15, 0.2) is 0 Å². The number of hydrogen-bond donors (Lipinski definition) is 1. The number of carbonyl (C=O) groups is 2. The second kappa shape index (κ2) is 9.03. The van der Waals surface area contributed by atoms with Crippen LogP contribution in [0.3, 0.4) is 0 Å². The summed E-state index contributed by atoms with van der Waals surface area (Å²) < 4.78 is 6.58. The molecule has 0 atom stereocenters. The molecule has 0 bridgehead atoms. The van der Waals surface area contributed by atoms with E-state index in [1.54, 1.807) is 36.4 Å². The third-order valence-electron chi connectivity index (χ3n) is 4.48. The van der Waals surface area contributed by atoms with Gasteiger partial charge >= 0.3 is 5.69 Å². The average Bonchev–Trinajstić information content (AvgIpc) is 3.29. The van der Waals surface area contributed by atoms with Crippen LogP contribution in [0, 0.1) is 24.0 Å². The Morgan fingerprint density at radius 1 is 1.20 bits per heavy atom. The molecule has 0 aliphatic rings. The van der Waals surface area contributed by atoms with Crippen LogP contribution in [-0.4, -0.2) is 38.0 Å². The highest BCUT2D eigenvalue weighted by atomic mass is 16.6. The molecular formula is C20H21N5O5. The Morgan fingerprint density at radius 2 is 1.93 bits per heavy atom. The van der Waals surface area contributed by atoms with Gasteiger partial charge in [0.2, 0.25) is 11.8 Å². The van der Waals surface area contributed by atoms with Crippen molar-refractivity contribution in [2.45, 2.75) is 26.9 Å². The second-order valence-electron chi connectivity index (χ2n) is 6.68. The molecule has 0 saturated carbocycles. The quantitative estimate of drug-likeness (QED) is 0.449. The maximum atomic E-state index is 12.9. The van der Waals surface area contributed by atoms with Crippen molar-refractivity contribution in [1.29, 1.82) is 0 Å². The number of hydrogen-bond acceptors (Lipinski definition) is 6. The molecule has 30 heavy (non-hydrogen) atoms. The van der Waals surface area contributed by atoms with Crippen LogP contribution in [0.5, 0.6) is 0 Å². The Kier molecular flexibility index (Phi) is 6.26. The van der Waals surface area contributed by atoms with Gasteiger partial charge in [-0.3, -0.25) is 24.4 Å². The van der Waals surface area contributed by atoms with Crippen LogP contribution in [0.15, 0.2) is 53.1 Å². The number of aryl methyl sites for hydroxylation is 1. The van der Waals surface area contributed by atoms with E-state index in [9.17, 15) is 19.7 Å². The molecule has 0 fully saturated rings. The van der Waals surface area contributed by atoms with E-state index >= 15 is 0 Å². The SMILES string of the molecule is Cc1nn(CC(=O)N(CC(=O)Nc2ccccc2)Cc2ccco2)c(C)c1[N+](=O)[O-]. The maximum Gasteiger partial charge on any atom is 0.312 e. The van der Waals surface area contributed by atoms with Crippen molar-refractivity contribution in [3.8, 4) is 0 Å². The summed E-state index contributed by atoms with van der Waals surface area (Å²) in [7, 11) is 0. The molecule has 2 aromatic heterocycles. The van der Waals surface area contributed by atoms with Crippen molar-refractivity contribution >= 4 is 23.2 Å². The Balaban J connectivity index is 1.76. The first-order chi connectivity index (χ1) is 14.3. The highest BCUT2D eigenvalue weighted by molar-refractivity contribution is 5.94. The van der Waals surface area contributed by atoms with E-state index < -0.39 is 10.8 Å². The van der Waals surface area contributed by atoms with Gasteiger partial charge in [-0.05, 0) is 38.1 Å². The fourth-order valence-electron chi connectivity index (χ4n) is 3.05. The zero-order valence-corrected chi connectivity index (χ0v) is 16.6. The van der Waals surface area contributed by atoms with E-state index in [1.165, 1.54) is 29.7 Å². The van der Waals surface area contributed by atoms with Gasteiger partial charge in [0, 0.05) is 5.69 Å². The number of nitro groups is 1. The molecule has 2 amide bonds. The number of benzene rings is 1. The first-order valence-corrected chi connectivity index (χ1v) is 9.18. The topological polar surface area (TPSA) is 124 Å². The van der Waals surface area contributed by atoms with Crippen molar-refractivity contribution in [3.05, 3.63) is 76.0 Å². The zero-order valence-electron chi connectivity index (χ0n) is 16.6. The summed E-state index contributed by atoms with van der Waals surface area (Å²) >= 11 is 0. The third kappa shape index (κ3) is 4.90. The van der Waals surface area contributed by atoms with Gasteiger partial charge in [-0.15, -0.1) is 0 Å². The van der Waals surface area contributed by atoms with Crippen LogP contribution in [0.4, 0.5) is 11.4 Å². The molecule has 2 heterocycles. The molecule has 0 saturated heterocycles. The molecule has 0 aliphatic heterocycles. The maximum absolute atomic E-state index is 12.9. The molecule has 1 N–H and O–H groups in total. The summed E-state index contributed by atoms with van der Waals surface area (Å²) in [6.45, 7) is 2.68. The first-order valence-electron chi connectivity index (χ1n) is 9.18. The molecule has 3 aromatic rings. The van der Waals surface area contributed by atoms with Crippen molar-refractivity contribution < 1.29 is 18.9 Å². The van der Waals surface area contributed by atoms with Gasteiger partial charge in [0.1, 0.15) is 30.2 Å². The predicted octanol–water partition coefficient (Wildman–Crippen LogP) is 2.67. The lowest BCUT2D eigenvalue weighted by Gasteiger charge is -2.21. The summed E-state index contributed by atoms with van der Waals surface area (Å²) in [5.41, 5.74) is 0.992. The van der Waals surface area contributed by atoms with E-state index in [0.717, 1.165) is 0 Å². The van der Waals surface area contributed by atoms with Gasteiger partial charge < -0.3 is 14.6 Å². The molecule has 1 aromatic carbocycles. The van der Waals surface area contributed by atoms with Crippen LogP contribution in [0.2, 0.25) is 0 Å². The number of para-hydroxylation sites is 1. The molecule has 3 rings (SSSR count). The Bertz CT molecular complexity index is 1040. The van der Waals surface area contributed by atoms with Crippen molar-refractivity contribution in [3.63, 3.8) is 0 Å². The largest absolute Gasteiger partial charge is 0.467 e. The van der Waals surface area contributed by atoms with Crippen LogP contribution in [0.1, 0.15) is 17.1 Å². The van der Waals surface area contributed by atoms with Crippen LogP contribution in [-0.2, 0) is 22.7 Å². The summed E-state index contributed by atoms with van der Waals surface area (Å²) in [5.74, 6) is -0.286.